The number of anilines is 1. The Hall–Kier alpha value is -2.56. The van der Waals surface area contributed by atoms with Crippen molar-refractivity contribution in [3.05, 3.63) is 60.4 Å². The van der Waals surface area contributed by atoms with Gasteiger partial charge in [0.25, 0.3) is 0 Å². The van der Waals surface area contributed by atoms with Crippen LogP contribution in [0.15, 0.2) is 59.7 Å². The molecule has 0 bridgehead atoms. The lowest BCUT2D eigenvalue weighted by Crippen LogP contribution is -2.44. The molecule has 1 aromatic heterocycles. The third-order valence-corrected chi connectivity index (χ3v) is 4.36. The van der Waals surface area contributed by atoms with Gasteiger partial charge in [0, 0.05) is 56.2 Å². The molecule has 132 valence electrons. The number of rotatable bonds is 6. The van der Waals surface area contributed by atoms with Gasteiger partial charge in [0.05, 0.1) is 0 Å². The topological polar surface area (TPSA) is 52.6 Å². The van der Waals surface area contributed by atoms with Crippen LogP contribution in [0, 0.1) is 0 Å². The Kier molecular flexibility index (Phi) is 6.26. The summed E-state index contributed by atoms with van der Waals surface area (Å²) in [6.07, 6.45) is 3.82. The molecule has 1 aliphatic rings. The molecule has 1 aromatic carbocycles. The number of hydrogen-bond donors (Lipinski definition) is 2. The molecule has 1 atom stereocenters. The van der Waals surface area contributed by atoms with Crippen molar-refractivity contribution in [3.8, 4) is 0 Å². The van der Waals surface area contributed by atoms with Gasteiger partial charge in [0.15, 0.2) is 5.96 Å². The Labute approximate surface area is 150 Å². The third-order valence-electron chi connectivity index (χ3n) is 4.36. The Morgan fingerprint density at radius 1 is 1.20 bits per heavy atom. The van der Waals surface area contributed by atoms with Gasteiger partial charge in [-0.2, -0.15) is 0 Å². The van der Waals surface area contributed by atoms with Crippen molar-refractivity contribution in [2.75, 3.05) is 31.1 Å². The van der Waals surface area contributed by atoms with Gasteiger partial charge in [-0.25, -0.2) is 0 Å². The summed E-state index contributed by atoms with van der Waals surface area (Å²) < 4.78 is 0. The van der Waals surface area contributed by atoms with E-state index in [1.807, 2.05) is 24.4 Å². The van der Waals surface area contributed by atoms with Gasteiger partial charge >= 0.3 is 0 Å². The normalized spacial score (nSPS) is 17.6. The Bertz CT molecular complexity index is 656. The fourth-order valence-electron chi connectivity index (χ4n) is 3.09. The van der Waals surface area contributed by atoms with Crippen LogP contribution in [0.25, 0.3) is 0 Å². The highest BCUT2D eigenvalue weighted by molar-refractivity contribution is 5.80. The van der Waals surface area contributed by atoms with Gasteiger partial charge < -0.3 is 15.5 Å². The second-order valence-electron chi connectivity index (χ2n) is 6.24. The van der Waals surface area contributed by atoms with E-state index in [-0.39, 0.29) is 0 Å². The first kappa shape index (κ1) is 17.3. The highest BCUT2D eigenvalue weighted by atomic mass is 15.2. The monoisotopic (exact) mass is 337 g/mol. The van der Waals surface area contributed by atoms with Crippen molar-refractivity contribution < 1.29 is 0 Å². The van der Waals surface area contributed by atoms with E-state index in [1.165, 1.54) is 5.69 Å². The lowest BCUT2D eigenvalue weighted by molar-refractivity contribution is 0.649. The van der Waals surface area contributed by atoms with Gasteiger partial charge in [-0.15, -0.1) is 0 Å². The molecule has 2 N–H and O–H groups in total. The molecule has 1 saturated heterocycles. The quantitative estimate of drug-likeness (QED) is 0.628. The summed E-state index contributed by atoms with van der Waals surface area (Å²) in [4.78, 5) is 11.5. The fourth-order valence-corrected chi connectivity index (χ4v) is 3.09. The standard InChI is InChI=1S/C20H27N5/c1-2-21-20(23-14-11-17-8-6-7-13-22-17)24-18-12-15-25(16-18)19-9-4-3-5-10-19/h3-10,13,18H,2,11-12,14-16H2,1H3,(H2,21,23,24). The van der Waals surface area contributed by atoms with E-state index in [4.69, 9.17) is 4.99 Å². The molecule has 1 aliphatic heterocycles. The predicted octanol–water partition coefficient (Wildman–Crippen LogP) is 2.46. The molecule has 1 unspecified atom stereocenters. The highest BCUT2D eigenvalue weighted by Gasteiger charge is 2.23. The third kappa shape index (κ3) is 5.21. The molecule has 3 rings (SSSR count). The molecule has 1 fully saturated rings. The lowest BCUT2D eigenvalue weighted by atomic mass is 10.2. The number of para-hydroxylation sites is 1. The van der Waals surface area contributed by atoms with Crippen LogP contribution in [0.3, 0.4) is 0 Å². The first-order valence-electron chi connectivity index (χ1n) is 9.10. The van der Waals surface area contributed by atoms with Gasteiger partial charge in [-0.1, -0.05) is 24.3 Å². The van der Waals surface area contributed by atoms with Crippen molar-refractivity contribution in [3.63, 3.8) is 0 Å². The molecule has 5 nitrogen and oxygen atoms in total. The summed E-state index contributed by atoms with van der Waals surface area (Å²) in [5.41, 5.74) is 2.38. The minimum absolute atomic E-state index is 0.424. The summed E-state index contributed by atoms with van der Waals surface area (Å²) in [5, 5.41) is 6.93. The maximum atomic E-state index is 4.71. The number of aromatic nitrogens is 1. The Morgan fingerprint density at radius 2 is 2.04 bits per heavy atom. The van der Waals surface area contributed by atoms with Gasteiger partial charge in [-0.05, 0) is 37.6 Å². The molecule has 0 radical (unpaired) electrons. The van der Waals surface area contributed by atoms with Gasteiger partial charge in [-0.3, -0.25) is 9.98 Å². The van der Waals surface area contributed by atoms with Crippen LogP contribution < -0.4 is 15.5 Å². The number of hydrogen-bond acceptors (Lipinski definition) is 3. The second kappa shape index (κ2) is 9.06. The SMILES string of the molecule is CCNC(=NCCc1ccccn1)NC1CCN(c2ccccc2)C1. The van der Waals surface area contributed by atoms with Crippen LogP contribution in [0.2, 0.25) is 0 Å². The van der Waals surface area contributed by atoms with E-state index in [1.54, 1.807) is 0 Å². The molecule has 25 heavy (non-hydrogen) atoms. The highest BCUT2D eigenvalue weighted by Crippen LogP contribution is 2.19. The molecule has 5 heteroatoms. The lowest BCUT2D eigenvalue weighted by Gasteiger charge is -2.20. The van der Waals surface area contributed by atoms with Crippen molar-refractivity contribution in [1.82, 2.24) is 15.6 Å². The summed E-state index contributed by atoms with van der Waals surface area (Å²) >= 11 is 0. The average Bonchev–Trinajstić information content (AvgIpc) is 3.12. The minimum atomic E-state index is 0.424. The molecule has 0 saturated carbocycles. The second-order valence-corrected chi connectivity index (χ2v) is 6.24. The predicted molar refractivity (Wildman–Crippen MR) is 104 cm³/mol. The van der Waals surface area contributed by atoms with Crippen LogP contribution in [0.4, 0.5) is 5.69 Å². The summed E-state index contributed by atoms with van der Waals surface area (Å²) in [6.45, 7) is 5.79. The number of aliphatic imine (C=N–C) groups is 1. The van der Waals surface area contributed by atoms with E-state index < -0.39 is 0 Å². The number of nitrogens with one attached hydrogen (secondary N) is 2. The van der Waals surface area contributed by atoms with E-state index in [2.05, 4.69) is 57.8 Å². The van der Waals surface area contributed by atoms with Crippen LogP contribution in [0.5, 0.6) is 0 Å². The van der Waals surface area contributed by atoms with E-state index in [0.29, 0.717) is 6.04 Å². The van der Waals surface area contributed by atoms with Crippen LogP contribution in [0.1, 0.15) is 19.0 Å². The zero-order valence-electron chi connectivity index (χ0n) is 14.9. The molecular weight excluding hydrogens is 310 g/mol. The molecule has 2 heterocycles. The van der Waals surface area contributed by atoms with E-state index in [0.717, 1.165) is 50.7 Å². The molecule has 0 aliphatic carbocycles. The van der Waals surface area contributed by atoms with Crippen molar-refractivity contribution in [2.45, 2.75) is 25.8 Å². The van der Waals surface area contributed by atoms with Crippen LogP contribution in [-0.4, -0.2) is 43.2 Å². The van der Waals surface area contributed by atoms with Crippen LogP contribution >= 0.6 is 0 Å². The maximum Gasteiger partial charge on any atom is 0.191 e. The smallest absolute Gasteiger partial charge is 0.191 e. The number of pyridine rings is 1. The number of benzene rings is 1. The average molecular weight is 337 g/mol. The Balaban J connectivity index is 1.52. The minimum Gasteiger partial charge on any atom is -0.369 e. The summed E-state index contributed by atoms with van der Waals surface area (Å²) in [6, 6.07) is 17.0. The van der Waals surface area contributed by atoms with Gasteiger partial charge in [0.1, 0.15) is 0 Å². The van der Waals surface area contributed by atoms with Crippen molar-refractivity contribution in [1.29, 1.82) is 0 Å². The Morgan fingerprint density at radius 3 is 2.80 bits per heavy atom. The van der Waals surface area contributed by atoms with Gasteiger partial charge in [0.2, 0.25) is 0 Å². The zero-order valence-corrected chi connectivity index (χ0v) is 14.9. The van der Waals surface area contributed by atoms with Crippen molar-refractivity contribution >= 4 is 11.6 Å². The summed E-state index contributed by atoms with van der Waals surface area (Å²) in [5.74, 6) is 0.901. The van der Waals surface area contributed by atoms with E-state index in [9.17, 15) is 0 Å². The number of guanidine groups is 1. The maximum absolute atomic E-state index is 4.71. The summed E-state index contributed by atoms with van der Waals surface area (Å²) in [7, 11) is 0. The molecular formula is C20H27N5. The zero-order chi connectivity index (χ0) is 17.3. The fraction of sp³-hybridized carbons (Fsp3) is 0.400. The van der Waals surface area contributed by atoms with Crippen molar-refractivity contribution in [2.24, 2.45) is 4.99 Å². The van der Waals surface area contributed by atoms with E-state index >= 15 is 0 Å². The first-order valence-corrected chi connectivity index (χ1v) is 9.10. The molecule has 2 aromatic rings. The molecule has 0 amide bonds. The molecule has 0 spiro atoms. The largest absolute Gasteiger partial charge is 0.369 e. The van der Waals surface area contributed by atoms with Crippen LogP contribution in [-0.2, 0) is 6.42 Å². The first-order chi connectivity index (χ1) is 12.3. The number of nitrogens with zero attached hydrogens (tertiary/aromatic N) is 3.